The lowest BCUT2D eigenvalue weighted by atomic mass is 9.76. The molecule has 0 unspecified atom stereocenters. The molecule has 0 bridgehead atoms. The molecule has 0 N–H and O–H groups in total. The zero-order valence-corrected chi connectivity index (χ0v) is 21.7. The van der Waals surface area contributed by atoms with Crippen molar-refractivity contribution < 1.29 is 28.6 Å². The minimum atomic E-state index is -1.63. The van der Waals surface area contributed by atoms with E-state index in [9.17, 15) is 14.4 Å². The summed E-state index contributed by atoms with van der Waals surface area (Å²) in [6.07, 6.45) is 4.17. The van der Waals surface area contributed by atoms with Gasteiger partial charge in [-0.1, -0.05) is 84.9 Å². The molecule has 7 heteroatoms. The maximum Gasteiger partial charge on any atom is 0.337 e. The van der Waals surface area contributed by atoms with Crippen LogP contribution in [0.25, 0.3) is 6.08 Å². The van der Waals surface area contributed by atoms with Crippen LogP contribution in [0, 0.1) is 5.41 Å². The maximum atomic E-state index is 13.5. The molecule has 4 rings (SSSR count). The molecule has 0 aromatic heterocycles. The van der Waals surface area contributed by atoms with E-state index in [2.05, 4.69) is 4.90 Å². The van der Waals surface area contributed by atoms with Gasteiger partial charge in [0.05, 0.1) is 32.9 Å². The van der Waals surface area contributed by atoms with E-state index in [1.165, 1.54) is 21.3 Å². The molecule has 7 nitrogen and oxygen atoms in total. The van der Waals surface area contributed by atoms with Crippen LogP contribution in [0.1, 0.15) is 39.5 Å². The summed E-state index contributed by atoms with van der Waals surface area (Å²) in [5.74, 6) is -1.81. The molecular weight excluding hydrogens is 482 g/mol. The third-order valence-corrected chi connectivity index (χ3v) is 7.02. The van der Waals surface area contributed by atoms with Crippen molar-refractivity contribution in [1.82, 2.24) is 4.90 Å². The second kappa shape index (κ2) is 11.9. The number of benzene rings is 3. The van der Waals surface area contributed by atoms with Crippen molar-refractivity contribution in [2.24, 2.45) is 5.41 Å². The largest absolute Gasteiger partial charge is 0.468 e. The zero-order valence-electron chi connectivity index (χ0n) is 21.7. The third-order valence-electron chi connectivity index (χ3n) is 7.02. The summed E-state index contributed by atoms with van der Waals surface area (Å²) in [5.41, 5.74) is 1.44. The van der Waals surface area contributed by atoms with Crippen molar-refractivity contribution in [2.45, 2.75) is 25.0 Å². The Morgan fingerprint density at radius 1 is 0.816 bits per heavy atom. The predicted molar refractivity (Wildman–Crippen MR) is 143 cm³/mol. The summed E-state index contributed by atoms with van der Waals surface area (Å²) in [4.78, 5) is 41.2. The molecule has 1 aliphatic rings. The van der Waals surface area contributed by atoms with E-state index in [4.69, 9.17) is 14.2 Å². The van der Waals surface area contributed by atoms with E-state index in [0.29, 0.717) is 17.7 Å². The van der Waals surface area contributed by atoms with Crippen molar-refractivity contribution in [2.75, 3.05) is 21.3 Å². The second-order valence-corrected chi connectivity index (χ2v) is 9.17. The van der Waals surface area contributed by atoms with Crippen LogP contribution in [0.4, 0.5) is 0 Å². The smallest absolute Gasteiger partial charge is 0.337 e. The highest BCUT2D eigenvalue weighted by Gasteiger charge is 2.63. The molecule has 1 aliphatic heterocycles. The molecule has 0 radical (unpaired) electrons. The van der Waals surface area contributed by atoms with Gasteiger partial charge < -0.3 is 14.2 Å². The fourth-order valence-corrected chi connectivity index (χ4v) is 5.23. The minimum Gasteiger partial charge on any atom is -0.468 e. The summed E-state index contributed by atoms with van der Waals surface area (Å²) in [5, 5.41) is 0. The van der Waals surface area contributed by atoms with Gasteiger partial charge in [0.1, 0.15) is 0 Å². The van der Waals surface area contributed by atoms with E-state index < -0.39 is 29.4 Å². The van der Waals surface area contributed by atoms with Crippen molar-refractivity contribution >= 4 is 24.0 Å². The Labute approximate surface area is 222 Å². The number of hydrogen-bond donors (Lipinski definition) is 0. The van der Waals surface area contributed by atoms with Gasteiger partial charge in [0, 0.05) is 12.6 Å². The molecule has 2 atom stereocenters. The summed E-state index contributed by atoms with van der Waals surface area (Å²) < 4.78 is 15.3. The average Bonchev–Trinajstić information content (AvgIpc) is 3.30. The predicted octanol–water partition coefficient (Wildman–Crippen LogP) is 4.83. The Balaban J connectivity index is 1.88. The van der Waals surface area contributed by atoms with Crippen LogP contribution in [0.5, 0.6) is 0 Å². The lowest BCUT2D eigenvalue weighted by molar-refractivity contribution is -0.171. The number of nitrogens with zero attached hydrogens (tertiary/aromatic N) is 1. The van der Waals surface area contributed by atoms with Gasteiger partial charge in [0.15, 0.2) is 5.41 Å². The molecule has 38 heavy (non-hydrogen) atoms. The van der Waals surface area contributed by atoms with E-state index >= 15 is 0 Å². The molecule has 1 heterocycles. The quantitative estimate of drug-likeness (QED) is 0.242. The highest BCUT2D eigenvalue weighted by molar-refractivity contribution is 6.02. The molecule has 0 aliphatic carbocycles. The van der Waals surface area contributed by atoms with Crippen LogP contribution < -0.4 is 0 Å². The van der Waals surface area contributed by atoms with E-state index in [0.717, 1.165) is 11.1 Å². The number of hydrogen-bond acceptors (Lipinski definition) is 7. The first-order valence-corrected chi connectivity index (χ1v) is 12.3. The van der Waals surface area contributed by atoms with Gasteiger partial charge in [-0.25, -0.2) is 4.79 Å². The first-order chi connectivity index (χ1) is 18.4. The Kier molecular flexibility index (Phi) is 8.38. The number of carbonyl (C=O) groups excluding carboxylic acids is 3. The lowest BCUT2D eigenvalue weighted by Crippen LogP contribution is -2.45. The normalized spacial score (nSPS) is 18.7. The monoisotopic (exact) mass is 513 g/mol. The number of methoxy groups -OCH3 is 3. The summed E-state index contributed by atoms with van der Waals surface area (Å²) in [7, 11) is 3.87. The Bertz CT molecular complexity index is 1270. The molecule has 1 fully saturated rings. The molecule has 196 valence electrons. The second-order valence-electron chi connectivity index (χ2n) is 9.17. The van der Waals surface area contributed by atoms with Crippen LogP contribution >= 0.6 is 0 Å². The van der Waals surface area contributed by atoms with Gasteiger partial charge in [0.25, 0.3) is 0 Å². The first kappa shape index (κ1) is 26.8. The average molecular weight is 514 g/mol. The fourth-order valence-electron chi connectivity index (χ4n) is 5.23. The van der Waals surface area contributed by atoms with Gasteiger partial charge >= 0.3 is 17.9 Å². The van der Waals surface area contributed by atoms with Crippen LogP contribution in [-0.4, -0.2) is 50.2 Å². The first-order valence-electron chi connectivity index (χ1n) is 12.3. The van der Waals surface area contributed by atoms with Gasteiger partial charge in [-0.15, -0.1) is 0 Å². The lowest BCUT2D eigenvalue weighted by Gasteiger charge is -2.35. The minimum absolute atomic E-state index is 0.159. The van der Waals surface area contributed by atoms with Crippen molar-refractivity contribution in [3.63, 3.8) is 0 Å². The van der Waals surface area contributed by atoms with Gasteiger partial charge in [0.2, 0.25) is 0 Å². The van der Waals surface area contributed by atoms with Crippen molar-refractivity contribution in [3.8, 4) is 0 Å². The summed E-state index contributed by atoms with van der Waals surface area (Å²) in [6, 6.07) is 25.4. The van der Waals surface area contributed by atoms with Crippen LogP contribution in [0.3, 0.4) is 0 Å². The zero-order chi connectivity index (χ0) is 27.1. The van der Waals surface area contributed by atoms with E-state index in [1.807, 2.05) is 72.8 Å². The number of carbonyl (C=O) groups is 3. The van der Waals surface area contributed by atoms with Crippen LogP contribution in [-0.2, 0) is 30.3 Å². The summed E-state index contributed by atoms with van der Waals surface area (Å²) in [6.45, 7) is 0.462. The number of ether oxygens (including phenoxy) is 3. The van der Waals surface area contributed by atoms with Crippen molar-refractivity contribution in [3.05, 3.63) is 113 Å². The standard InChI is InChI=1S/C31H31NO6/c1-36-28(33)25-17-15-24(16-18-25)27-31(29(34)37-2,30(35)38-3)20-26(19-14-22-10-6-4-7-11-22)32(27)21-23-12-8-5-9-13-23/h4-19,26-27H,20-21H2,1-3H3/b19-14+/t26-,27+/m0/s1. The molecular formula is C31H31NO6. The van der Waals surface area contributed by atoms with Gasteiger partial charge in [-0.2, -0.15) is 0 Å². The number of likely N-dealkylation sites (tertiary alicyclic amines) is 1. The van der Waals surface area contributed by atoms with E-state index in [1.54, 1.807) is 24.3 Å². The maximum absolute atomic E-state index is 13.5. The van der Waals surface area contributed by atoms with Gasteiger partial charge in [-0.05, 0) is 35.2 Å². The Hall–Kier alpha value is -4.23. The molecule has 0 amide bonds. The molecule has 0 spiro atoms. The molecule has 1 saturated heterocycles. The molecule has 0 saturated carbocycles. The summed E-state index contributed by atoms with van der Waals surface area (Å²) >= 11 is 0. The van der Waals surface area contributed by atoms with Crippen LogP contribution in [0.15, 0.2) is 91.0 Å². The van der Waals surface area contributed by atoms with Gasteiger partial charge in [-0.3, -0.25) is 14.5 Å². The highest BCUT2D eigenvalue weighted by Crippen LogP contribution is 2.53. The number of esters is 3. The molecule has 3 aromatic rings. The topological polar surface area (TPSA) is 82.1 Å². The number of rotatable bonds is 8. The highest BCUT2D eigenvalue weighted by atomic mass is 16.5. The molecule has 3 aromatic carbocycles. The van der Waals surface area contributed by atoms with Crippen LogP contribution in [0.2, 0.25) is 0 Å². The SMILES string of the molecule is COC(=O)c1ccc([C@H]2N(Cc3ccccc3)[C@@H](/C=C/c3ccccc3)CC2(C(=O)OC)C(=O)OC)cc1. The Morgan fingerprint density at radius 3 is 1.95 bits per heavy atom. The Morgan fingerprint density at radius 2 is 1.39 bits per heavy atom. The third kappa shape index (κ3) is 5.24. The fraction of sp³-hybridized carbons (Fsp3) is 0.258. The van der Waals surface area contributed by atoms with E-state index in [-0.39, 0.29) is 12.5 Å². The van der Waals surface area contributed by atoms with Crippen molar-refractivity contribution in [1.29, 1.82) is 0 Å².